The number of nitrogens with zero attached hydrogens (tertiary/aromatic N) is 4. The van der Waals surface area contributed by atoms with Crippen molar-refractivity contribution >= 4 is 22.5 Å². The smallest absolute Gasteiger partial charge is 0.222 e. The molecule has 0 aliphatic carbocycles. The Bertz CT molecular complexity index is 1300. The quantitative estimate of drug-likeness (QED) is 0.354. The third-order valence-electron chi connectivity index (χ3n) is 6.37. The fourth-order valence-electron chi connectivity index (χ4n) is 4.48. The molecule has 4 aromatic rings. The molecular formula is C29H30N4O2. The molecule has 1 aliphatic heterocycles. The summed E-state index contributed by atoms with van der Waals surface area (Å²) < 4.78 is 5.89. The Morgan fingerprint density at radius 1 is 0.857 bits per heavy atom. The van der Waals surface area contributed by atoms with E-state index in [-0.39, 0.29) is 5.91 Å². The van der Waals surface area contributed by atoms with Crippen LogP contribution in [0.1, 0.15) is 18.7 Å². The number of amides is 1. The Morgan fingerprint density at radius 2 is 1.60 bits per heavy atom. The highest BCUT2D eigenvalue weighted by atomic mass is 16.5. The van der Waals surface area contributed by atoms with Crippen molar-refractivity contribution in [2.45, 2.75) is 19.8 Å². The largest absolute Gasteiger partial charge is 0.494 e. The maximum atomic E-state index is 12.7. The second kappa shape index (κ2) is 10.6. The van der Waals surface area contributed by atoms with Crippen molar-refractivity contribution in [1.29, 1.82) is 0 Å². The average Bonchev–Trinajstić information content (AvgIpc) is 2.91. The molecule has 6 nitrogen and oxygen atoms in total. The number of ether oxygens (including phenoxy) is 1. The van der Waals surface area contributed by atoms with Crippen LogP contribution in [0.5, 0.6) is 5.75 Å². The first-order chi connectivity index (χ1) is 17.2. The van der Waals surface area contributed by atoms with Crippen molar-refractivity contribution < 1.29 is 9.53 Å². The topological polar surface area (TPSA) is 58.6 Å². The van der Waals surface area contributed by atoms with Gasteiger partial charge in [-0.1, -0.05) is 60.7 Å². The molecule has 1 aromatic heterocycles. The first-order valence-corrected chi connectivity index (χ1v) is 12.2. The zero-order chi connectivity index (χ0) is 24.0. The average molecular weight is 467 g/mol. The normalized spacial score (nSPS) is 13.7. The van der Waals surface area contributed by atoms with Crippen LogP contribution in [0.25, 0.3) is 22.0 Å². The predicted molar refractivity (Wildman–Crippen MR) is 140 cm³/mol. The monoisotopic (exact) mass is 466 g/mol. The Balaban J connectivity index is 1.10. The molecule has 0 N–H and O–H groups in total. The number of carbonyl (C=O) groups is 1. The molecule has 1 saturated heterocycles. The number of hydrogen-bond acceptors (Lipinski definition) is 5. The Labute approximate surface area is 206 Å². The van der Waals surface area contributed by atoms with E-state index in [1.807, 2.05) is 54.3 Å². The van der Waals surface area contributed by atoms with Gasteiger partial charge in [-0.2, -0.15) is 0 Å². The SMILES string of the molecule is Cc1nc(-c2ccccc2)cc(N2CCN(C(=O)CCCOc3ccc4ccccc4c3)CC2)n1. The highest BCUT2D eigenvalue weighted by molar-refractivity contribution is 5.83. The fraction of sp³-hybridized carbons (Fsp3) is 0.276. The lowest BCUT2D eigenvalue weighted by Gasteiger charge is -2.35. The third-order valence-corrected chi connectivity index (χ3v) is 6.37. The van der Waals surface area contributed by atoms with Crippen LogP contribution in [0.3, 0.4) is 0 Å². The van der Waals surface area contributed by atoms with Crippen LogP contribution in [0.4, 0.5) is 5.82 Å². The van der Waals surface area contributed by atoms with Gasteiger partial charge in [0.05, 0.1) is 12.3 Å². The van der Waals surface area contributed by atoms with E-state index in [0.29, 0.717) is 32.5 Å². The molecular weight excluding hydrogens is 436 g/mol. The molecule has 1 amide bonds. The van der Waals surface area contributed by atoms with E-state index in [2.05, 4.69) is 51.3 Å². The highest BCUT2D eigenvalue weighted by Crippen LogP contribution is 2.23. The molecule has 3 aromatic carbocycles. The van der Waals surface area contributed by atoms with Gasteiger partial charge in [-0.15, -0.1) is 0 Å². The Morgan fingerprint density at radius 3 is 2.40 bits per heavy atom. The molecule has 0 atom stereocenters. The number of rotatable bonds is 7. The summed E-state index contributed by atoms with van der Waals surface area (Å²) in [5, 5.41) is 2.36. The van der Waals surface area contributed by atoms with Crippen LogP contribution < -0.4 is 9.64 Å². The number of piperazine rings is 1. The zero-order valence-electron chi connectivity index (χ0n) is 20.1. The van der Waals surface area contributed by atoms with E-state index in [4.69, 9.17) is 4.74 Å². The third kappa shape index (κ3) is 5.60. The minimum atomic E-state index is 0.190. The standard InChI is InChI=1S/C29H30N4O2/c1-22-30-27(24-9-3-2-4-10-24)21-28(31-22)32-15-17-33(18-16-32)29(34)12-7-19-35-26-14-13-23-8-5-6-11-25(23)20-26/h2-6,8-11,13-14,20-21H,7,12,15-19H2,1H3. The lowest BCUT2D eigenvalue weighted by Crippen LogP contribution is -2.49. The summed E-state index contributed by atoms with van der Waals surface area (Å²) in [7, 11) is 0. The van der Waals surface area contributed by atoms with Crippen LogP contribution in [-0.4, -0.2) is 53.6 Å². The summed E-state index contributed by atoms with van der Waals surface area (Å²) in [6.07, 6.45) is 1.20. The lowest BCUT2D eigenvalue weighted by atomic mass is 10.1. The van der Waals surface area contributed by atoms with Crippen LogP contribution in [0, 0.1) is 6.92 Å². The molecule has 0 radical (unpaired) electrons. The van der Waals surface area contributed by atoms with E-state index < -0.39 is 0 Å². The van der Waals surface area contributed by atoms with Gasteiger partial charge in [0, 0.05) is 44.2 Å². The van der Waals surface area contributed by atoms with Gasteiger partial charge in [-0.25, -0.2) is 9.97 Å². The Hall–Kier alpha value is -3.93. The second-order valence-electron chi connectivity index (χ2n) is 8.85. The van der Waals surface area contributed by atoms with Gasteiger partial charge >= 0.3 is 0 Å². The number of fused-ring (bicyclic) bond motifs is 1. The molecule has 0 spiro atoms. The van der Waals surface area contributed by atoms with Crippen LogP contribution >= 0.6 is 0 Å². The summed E-state index contributed by atoms with van der Waals surface area (Å²) in [5.41, 5.74) is 2.01. The first-order valence-electron chi connectivity index (χ1n) is 12.2. The van der Waals surface area contributed by atoms with Gasteiger partial charge in [0.1, 0.15) is 17.4 Å². The Kier molecular flexibility index (Phi) is 6.89. The minimum absolute atomic E-state index is 0.190. The molecule has 0 unspecified atom stereocenters. The van der Waals surface area contributed by atoms with Gasteiger partial charge in [0.2, 0.25) is 5.91 Å². The van der Waals surface area contributed by atoms with Crippen LogP contribution in [0.2, 0.25) is 0 Å². The van der Waals surface area contributed by atoms with Crippen molar-refractivity contribution in [1.82, 2.24) is 14.9 Å². The zero-order valence-corrected chi connectivity index (χ0v) is 20.1. The minimum Gasteiger partial charge on any atom is -0.494 e. The van der Waals surface area contributed by atoms with Crippen molar-refractivity contribution in [3.05, 3.63) is 84.7 Å². The van der Waals surface area contributed by atoms with Crippen LogP contribution in [0.15, 0.2) is 78.9 Å². The van der Waals surface area contributed by atoms with Gasteiger partial charge in [0.25, 0.3) is 0 Å². The summed E-state index contributed by atoms with van der Waals surface area (Å²) in [5.74, 6) is 2.72. The number of carbonyl (C=O) groups excluding carboxylic acids is 1. The highest BCUT2D eigenvalue weighted by Gasteiger charge is 2.22. The second-order valence-corrected chi connectivity index (χ2v) is 8.85. The molecule has 5 rings (SSSR count). The summed E-state index contributed by atoms with van der Waals surface area (Å²) in [4.78, 5) is 26.2. The maximum absolute atomic E-state index is 12.7. The predicted octanol–water partition coefficient (Wildman–Crippen LogP) is 5.11. The lowest BCUT2D eigenvalue weighted by molar-refractivity contribution is -0.131. The van der Waals surface area contributed by atoms with Gasteiger partial charge < -0.3 is 14.5 Å². The molecule has 0 bridgehead atoms. The molecule has 1 aliphatic rings. The summed E-state index contributed by atoms with van der Waals surface area (Å²) in [6.45, 7) is 5.40. The number of aromatic nitrogens is 2. The van der Waals surface area contributed by atoms with Crippen LogP contribution in [-0.2, 0) is 4.79 Å². The van der Waals surface area contributed by atoms with E-state index >= 15 is 0 Å². The molecule has 0 saturated carbocycles. The van der Waals surface area contributed by atoms with E-state index in [0.717, 1.165) is 47.1 Å². The van der Waals surface area contributed by atoms with Gasteiger partial charge in [-0.3, -0.25) is 4.79 Å². The van der Waals surface area contributed by atoms with E-state index in [1.165, 1.54) is 5.39 Å². The van der Waals surface area contributed by atoms with Crippen molar-refractivity contribution in [2.24, 2.45) is 0 Å². The first kappa shape index (κ1) is 22.8. The molecule has 178 valence electrons. The molecule has 2 heterocycles. The maximum Gasteiger partial charge on any atom is 0.222 e. The van der Waals surface area contributed by atoms with Gasteiger partial charge in [0.15, 0.2) is 0 Å². The van der Waals surface area contributed by atoms with Gasteiger partial charge in [-0.05, 0) is 36.2 Å². The molecule has 6 heteroatoms. The van der Waals surface area contributed by atoms with E-state index in [1.54, 1.807) is 0 Å². The summed E-state index contributed by atoms with van der Waals surface area (Å²) >= 11 is 0. The number of aryl methyl sites for hydroxylation is 1. The van der Waals surface area contributed by atoms with Crippen molar-refractivity contribution in [2.75, 3.05) is 37.7 Å². The van der Waals surface area contributed by atoms with E-state index in [9.17, 15) is 4.79 Å². The van der Waals surface area contributed by atoms with Crippen molar-refractivity contribution in [3.8, 4) is 17.0 Å². The number of hydrogen-bond donors (Lipinski definition) is 0. The number of benzene rings is 3. The number of anilines is 1. The molecule has 1 fully saturated rings. The summed E-state index contributed by atoms with van der Waals surface area (Å²) in [6, 6.07) is 26.5. The fourth-order valence-corrected chi connectivity index (χ4v) is 4.48. The van der Waals surface area contributed by atoms with Crippen molar-refractivity contribution in [3.63, 3.8) is 0 Å². The molecule has 35 heavy (non-hydrogen) atoms.